The van der Waals surface area contributed by atoms with Gasteiger partial charge in [-0.3, -0.25) is 0 Å². The van der Waals surface area contributed by atoms with Crippen molar-refractivity contribution in [1.29, 1.82) is 0 Å². The van der Waals surface area contributed by atoms with Gasteiger partial charge in [-0.05, 0) is 30.3 Å². The number of ether oxygens (including phenoxy) is 2. The van der Waals surface area contributed by atoms with E-state index in [1.807, 2.05) is 26.5 Å². The Morgan fingerprint density at radius 1 is 0.731 bits per heavy atom. The molecule has 3 rings (SSSR count). The molecule has 0 aliphatic carbocycles. The molecule has 26 heavy (non-hydrogen) atoms. The van der Waals surface area contributed by atoms with E-state index < -0.39 is 11.9 Å². The van der Waals surface area contributed by atoms with Gasteiger partial charge in [-0.15, -0.1) is 0 Å². The van der Waals surface area contributed by atoms with Crippen molar-refractivity contribution in [3.63, 3.8) is 0 Å². The summed E-state index contributed by atoms with van der Waals surface area (Å²) >= 11 is 0. The highest BCUT2D eigenvalue weighted by Crippen LogP contribution is 2.14. The topological polar surface area (TPSA) is 60.4 Å². The van der Waals surface area contributed by atoms with Crippen LogP contribution < -0.4 is 18.6 Å². The predicted octanol–water partition coefficient (Wildman–Crippen LogP) is 1.77. The van der Waals surface area contributed by atoms with E-state index in [4.69, 9.17) is 9.47 Å². The van der Waals surface area contributed by atoms with Crippen LogP contribution in [0.1, 0.15) is 20.7 Å². The van der Waals surface area contributed by atoms with E-state index >= 15 is 0 Å². The van der Waals surface area contributed by atoms with Crippen molar-refractivity contribution in [2.45, 2.75) is 0 Å². The monoisotopic (exact) mass is 350 g/mol. The van der Waals surface area contributed by atoms with Crippen LogP contribution in [-0.4, -0.2) is 11.9 Å². The molecule has 0 saturated heterocycles. The van der Waals surface area contributed by atoms with Gasteiger partial charge < -0.3 is 9.47 Å². The Hall–Kier alpha value is -3.54. The number of pyridine rings is 2. The van der Waals surface area contributed by atoms with E-state index in [-0.39, 0.29) is 11.1 Å². The van der Waals surface area contributed by atoms with Crippen LogP contribution in [0.2, 0.25) is 0 Å². The van der Waals surface area contributed by atoms with Gasteiger partial charge in [0, 0.05) is 12.1 Å². The molecule has 0 bridgehead atoms. The van der Waals surface area contributed by atoms with Crippen LogP contribution in [-0.2, 0) is 14.1 Å². The molecule has 3 aromatic rings. The van der Waals surface area contributed by atoms with Crippen molar-refractivity contribution in [2.24, 2.45) is 14.1 Å². The van der Waals surface area contributed by atoms with Crippen LogP contribution in [0.3, 0.4) is 0 Å². The highest BCUT2D eigenvalue weighted by atomic mass is 16.5. The van der Waals surface area contributed by atoms with Gasteiger partial charge >= 0.3 is 11.9 Å². The first-order valence-corrected chi connectivity index (χ1v) is 7.96. The van der Waals surface area contributed by atoms with E-state index in [1.54, 1.807) is 64.0 Å². The Balaban J connectivity index is 1.75. The lowest BCUT2D eigenvalue weighted by atomic mass is 10.1. The summed E-state index contributed by atoms with van der Waals surface area (Å²) in [6, 6.07) is 13.2. The SMILES string of the molecule is C[n+]1cccc(OC(=O)c2cccc(C(=O)Oc3ccc[n+](C)c3)c2)c1. The van der Waals surface area contributed by atoms with E-state index in [2.05, 4.69) is 0 Å². The zero-order valence-electron chi connectivity index (χ0n) is 14.5. The molecule has 0 radical (unpaired) electrons. The van der Waals surface area contributed by atoms with Gasteiger partial charge in [-0.25, -0.2) is 18.7 Å². The second-order valence-electron chi connectivity index (χ2n) is 5.77. The van der Waals surface area contributed by atoms with Crippen LogP contribution in [0.25, 0.3) is 0 Å². The first-order valence-electron chi connectivity index (χ1n) is 7.96. The number of aromatic nitrogens is 2. The normalized spacial score (nSPS) is 10.2. The summed E-state index contributed by atoms with van der Waals surface area (Å²) in [6.07, 6.45) is 7.03. The summed E-state index contributed by atoms with van der Waals surface area (Å²) in [5, 5.41) is 0. The molecule has 0 aliphatic rings. The number of benzene rings is 1. The molecule has 1 aromatic carbocycles. The molecule has 6 heteroatoms. The second kappa shape index (κ2) is 7.57. The molecule has 0 saturated carbocycles. The van der Waals surface area contributed by atoms with E-state index in [9.17, 15) is 9.59 Å². The third-order valence-electron chi connectivity index (χ3n) is 3.58. The van der Waals surface area contributed by atoms with Crippen molar-refractivity contribution < 1.29 is 28.2 Å². The first kappa shape index (κ1) is 17.3. The molecule has 2 aromatic heterocycles. The lowest BCUT2D eigenvalue weighted by Crippen LogP contribution is -2.27. The fourth-order valence-corrected chi connectivity index (χ4v) is 2.35. The number of esters is 2. The molecule has 0 fully saturated rings. The van der Waals surface area contributed by atoms with Gasteiger partial charge in [-0.2, -0.15) is 0 Å². The summed E-state index contributed by atoms with van der Waals surface area (Å²) in [7, 11) is 3.66. The fraction of sp³-hybridized carbons (Fsp3) is 0.100. The zero-order valence-corrected chi connectivity index (χ0v) is 14.5. The largest absolute Gasteiger partial charge is 0.417 e. The number of carbonyl (C=O) groups excluding carboxylic acids is 2. The maximum absolute atomic E-state index is 12.3. The maximum atomic E-state index is 12.3. The van der Waals surface area contributed by atoms with Crippen molar-refractivity contribution in [3.05, 3.63) is 84.4 Å². The smallest absolute Gasteiger partial charge is 0.343 e. The highest BCUT2D eigenvalue weighted by Gasteiger charge is 2.15. The number of hydrogen-bond donors (Lipinski definition) is 0. The average Bonchev–Trinajstić information content (AvgIpc) is 2.62. The molecule has 0 spiro atoms. The molecule has 6 nitrogen and oxygen atoms in total. The summed E-state index contributed by atoms with van der Waals surface area (Å²) in [6.45, 7) is 0. The molecule has 2 heterocycles. The van der Waals surface area contributed by atoms with Crippen LogP contribution >= 0.6 is 0 Å². The predicted molar refractivity (Wildman–Crippen MR) is 91.6 cm³/mol. The molecule has 0 unspecified atom stereocenters. The number of carbonyl (C=O) groups is 2. The van der Waals surface area contributed by atoms with E-state index in [0.717, 1.165) is 0 Å². The number of rotatable bonds is 4. The lowest BCUT2D eigenvalue weighted by Gasteiger charge is -2.06. The maximum Gasteiger partial charge on any atom is 0.343 e. The lowest BCUT2D eigenvalue weighted by molar-refractivity contribution is -0.671. The summed E-state index contributed by atoms with van der Waals surface area (Å²) in [5.74, 6) is -0.247. The molecule has 0 aliphatic heterocycles. The van der Waals surface area contributed by atoms with Crippen molar-refractivity contribution in [2.75, 3.05) is 0 Å². The molecular formula is C20H18N2O4+2. The number of nitrogens with zero attached hydrogens (tertiary/aromatic N) is 2. The summed E-state index contributed by atoms with van der Waals surface area (Å²) in [5.41, 5.74) is 0.536. The minimum atomic E-state index is -0.544. The van der Waals surface area contributed by atoms with Crippen LogP contribution in [0.4, 0.5) is 0 Å². The van der Waals surface area contributed by atoms with Crippen molar-refractivity contribution in [3.8, 4) is 11.5 Å². The van der Waals surface area contributed by atoms with Crippen molar-refractivity contribution in [1.82, 2.24) is 0 Å². The fourth-order valence-electron chi connectivity index (χ4n) is 2.35. The third kappa shape index (κ3) is 4.30. The van der Waals surface area contributed by atoms with Gasteiger partial charge in [0.1, 0.15) is 14.1 Å². The van der Waals surface area contributed by atoms with Gasteiger partial charge in [-0.1, -0.05) is 6.07 Å². The van der Waals surface area contributed by atoms with Gasteiger partial charge in [0.2, 0.25) is 12.4 Å². The van der Waals surface area contributed by atoms with Gasteiger partial charge in [0.25, 0.3) is 0 Å². The van der Waals surface area contributed by atoms with Crippen LogP contribution in [0, 0.1) is 0 Å². The Labute approximate surface area is 150 Å². The second-order valence-corrected chi connectivity index (χ2v) is 5.77. The molecule has 0 N–H and O–H groups in total. The van der Waals surface area contributed by atoms with Gasteiger partial charge in [0.15, 0.2) is 23.9 Å². The Bertz CT molecular complexity index is 895. The van der Waals surface area contributed by atoms with Crippen LogP contribution in [0.5, 0.6) is 11.5 Å². The Morgan fingerprint density at radius 2 is 1.19 bits per heavy atom. The van der Waals surface area contributed by atoms with E-state index in [0.29, 0.717) is 11.5 Å². The molecule has 0 amide bonds. The molecular weight excluding hydrogens is 332 g/mol. The Kier molecular flexibility index (Phi) is 5.03. The van der Waals surface area contributed by atoms with Crippen molar-refractivity contribution >= 4 is 11.9 Å². The molecule has 130 valence electrons. The average molecular weight is 350 g/mol. The minimum absolute atomic E-state index is 0.268. The zero-order chi connectivity index (χ0) is 18.5. The summed E-state index contributed by atoms with van der Waals surface area (Å²) < 4.78 is 14.2. The number of hydrogen-bond acceptors (Lipinski definition) is 4. The first-order chi connectivity index (χ1) is 12.5. The molecule has 0 atom stereocenters. The Morgan fingerprint density at radius 3 is 1.62 bits per heavy atom. The van der Waals surface area contributed by atoms with E-state index in [1.165, 1.54) is 6.07 Å². The minimum Gasteiger partial charge on any atom is -0.417 e. The quantitative estimate of drug-likeness (QED) is 0.532. The van der Waals surface area contributed by atoms with Crippen LogP contribution in [0.15, 0.2) is 73.3 Å². The highest BCUT2D eigenvalue weighted by molar-refractivity contribution is 5.96. The summed E-state index contributed by atoms with van der Waals surface area (Å²) in [4.78, 5) is 24.6. The third-order valence-corrected chi connectivity index (χ3v) is 3.58. The number of aryl methyl sites for hydroxylation is 2. The standard InChI is InChI=1S/C20H18N2O4/c1-21-10-4-8-17(13-21)25-19(23)15-6-3-7-16(12-15)20(24)26-18-9-5-11-22(2)14-18/h3-14H,1-2H3/q+2. The van der Waals surface area contributed by atoms with Gasteiger partial charge in [0.05, 0.1) is 11.1 Å².